The summed E-state index contributed by atoms with van der Waals surface area (Å²) in [5.74, 6) is 6.26. The monoisotopic (exact) mass is 314 g/mol. The second-order valence-corrected chi connectivity index (χ2v) is 5.87. The zero-order chi connectivity index (χ0) is 17.0. The summed E-state index contributed by atoms with van der Waals surface area (Å²) in [5, 5.41) is 1.55. The molecule has 1 aromatic rings. The number of allylic oxidation sites excluding steroid dienone is 1. The fourth-order valence-corrected chi connectivity index (χ4v) is 2.74. The molecule has 2 heterocycles. The third-order valence-corrected chi connectivity index (χ3v) is 4.00. The molecule has 0 radical (unpaired) electrons. The summed E-state index contributed by atoms with van der Waals surface area (Å²) in [6.07, 6.45) is 6.91. The highest BCUT2D eigenvalue weighted by atomic mass is 15.4. The standard InChI is InChI=1S/C17H26N6/c1-12-9-15(13(2)11-22(4)19)10-21-16(12)14-5-7-23(8-6-14)17(18)20-3/h5,9-11H,6-8,19H2,1-4H3,(H2,18,20)/b13-11+. The molecule has 2 rings (SSSR count). The van der Waals surface area contributed by atoms with Crippen LogP contribution in [-0.4, -0.2) is 48.0 Å². The number of nitrogens with two attached hydrogens (primary N) is 2. The fraction of sp³-hybridized carbons (Fsp3) is 0.412. The van der Waals surface area contributed by atoms with Gasteiger partial charge < -0.3 is 15.6 Å². The maximum atomic E-state index is 5.87. The Morgan fingerprint density at radius 2 is 2.22 bits per heavy atom. The van der Waals surface area contributed by atoms with E-state index >= 15 is 0 Å². The van der Waals surface area contributed by atoms with Gasteiger partial charge >= 0.3 is 0 Å². The van der Waals surface area contributed by atoms with Gasteiger partial charge in [-0.05, 0) is 48.6 Å². The highest BCUT2D eigenvalue weighted by Crippen LogP contribution is 2.25. The van der Waals surface area contributed by atoms with Crippen LogP contribution >= 0.6 is 0 Å². The molecular weight excluding hydrogens is 288 g/mol. The van der Waals surface area contributed by atoms with Crippen molar-refractivity contribution in [3.63, 3.8) is 0 Å². The molecule has 0 fully saturated rings. The Hall–Kier alpha value is -2.34. The molecule has 0 spiro atoms. The van der Waals surface area contributed by atoms with E-state index in [2.05, 4.69) is 33.9 Å². The molecule has 0 bridgehead atoms. The van der Waals surface area contributed by atoms with Crippen LogP contribution in [0.2, 0.25) is 0 Å². The third-order valence-electron chi connectivity index (χ3n) is 4.00. The normalized spacial score (nSPS) is 16.4. The highest BCUT2D eigenvalue weighted by molar-refractivity contribution is 5.79. The van der Waals surface area contributed by atoms with E-state index < -0.39 is 0 Å². The lowest BCUT2D eigenvalue weighted by Gasteiger charge is -2.27. The highest BCUT2D eigenvalue weighted by Gasteiger charge is 2.16. The number of hydrogen-bond donors (Lipinski definition) is 2. The second kappa shape index (κ2) is 7.28. The number of aryl methyl sites for hydroxylation is 1. The smallest absolute Gasteiger partial charge is 0.191 e. The molecule has 0 unspecified atom stereocenters. The number of rotatable bonds is 3. The molecule has 1 aliphatic heterocycles. The molecule has 0 amide bonds. The minimum absolute atomic E-state index is 0.590. The topological polar surface area (TPSA) is 83.8 Å². The number of nitrogens with zero attached hydrogens (tertiary/aromatic N) is 4. The summed E-state index contributed by atoms with van der Waals surface area (Å²) in [6, 6.07) is 2.16. The molecule has 1 aromatic heterocycles. The number of guanidine groups is 1. The van der Waals surface area contributed by atoms with E-state index in [1.54, 1.807) is 12.1 Å². The fourth-order valence-electron chi connectivity index (χ4n) is 2.74. The van der Waals surface area contributed by atoms with Gasteiger partial charge in [0.2, 0.25) is 0 Å². The van der Waals surface area contributed by atoms with Gasteiger partial charge in [-0.15, -0.1) is 0 Å². The zero-order valence-corrected chi connectivity index (χ0v) is 14.4. The van der Waals surface area contributed by atoms with Crippen molar-refractivity contribution in [2.75, 3.05) is 27.2 Å². The van der Waals surface area contributed by atoms with Crippen molar-refractivity contribution >= 4 is 17.1 Å². The number of pyridine rings is 1. The maximum Gasteiger partial charge on any atom is 0.191 e. The molecule has 0 aromatic carbocycles. The van der Waals surface area contributed by atoms with E-state index in [0.29, 0.717) is 5.96 Å². The summed E-state index contributed by atoms with van der Waals surface area (Å²) in [7, 11) is 3.52. The predicted molar refractivity (Wildman–Crippen MR) is 96.3 cm³/mol. The number of aliphatic imine (C=N–C) groups is 1. The van der Waals surface area contributed by atoms with Gasteiger partial charge in [-0.1, -0.05) is 6.08 Å². The lowest BCUT2D eigenvalue weighted by Crippen LogP contribution is -2.39. The molecule has 6 heteroatoms. The Kier molecular flexibility index (Phi) is 5.39. The molecule has 0 aliphatic carbocycles. The van der Waals surface area contributed by atoms with Gasteiger partial charge in [-0.25, -0.2) is 5.84 Å². The Labute approximate surface area is 138 Å². The van der Waals surface area contributed by atoms with Gasteiger partial charge in [-0.3, -0.25) is 9.98 Å². The lowest BCUT2D eigenvalue weighted by atomic mass is 9.98. The van der Waals surface area contributed by atoms with Crippen LogP contribution in [-0.2, 0) is 0 Å². The summed E-state index contributed by atoms with van der Waals surface area (Å²) in [4.78, 5) is 10.8. The first-order valence-corrected chi connectivity index (χ1v) is 7.72. The van der Waals surface area contributed by atoms with E-state index in [9.17, 15) is 0 Å². The van der Waals surface area contributed by atoms with Gasteiger partial charge in [0.25, 0.3) is 0 Å². The molecule has 6 nitrogen and oxygen atoms in total. The van der Waals surface area contributed by atoms with Crippen LogP contribution in [0, 0.1) is 6.92 Å². The summed E-state index contributed by atoms with van der Waals surface area (Å²) >= 11 is 0. The molecule has 0 saturated carbocycles. The zero-order valence-electron chi connectivity index (χ0n) is 14.4. The molecule has 1 aliphatic rings. The minimum atomic E-state index is 0.590. The van der Waals surface area contributed by atoms with E-state index in [1.165, 1.54) is 11.1 Å². The van der Waals surface area contributed by atoms with Crippen LogP contribution in [0.5, 0.6) is 0 Å². The first-order chi connectivity index (χ1) is 10.9. The Balaban J connectivity index is 2.21. The van der Waals surface area contributed by atoms with Crippen molar-refractivity contribution in [3.8, 4) is 0 Å². The van der Waals surface area contributed by atoms with Crippen LogP contribution in [0.4, 0.5) is 0 Å². The van der Waals surface area contributed by atoms with Crippen LogP contribution in [0.15, 0.2) is 29.5 Å². The van der Waals surface area contributed by atoms with E-state index in [0.717, 1.165) is 36.3 Å². The first-order valence-electron chi connectivity index (χ1n) is 7.72. The number of hydrazine groups is 1. The van der Waals surface area contributed by atoms with Gasteiger partial charge in [0.15, 0.2) is 5.96 Å². The Morgan fingerprint density at radius 3 is 2.74 bits per heavy atom. The Bertz CT molecular complexity index is 657. The van der Waals surface area contributed by atoms with Gasteiger partial charge in [0, 0.05) is 39.6 Å². The third kappa shape index (κ3) is 4.10. The van der Waals surface area contributed by atoms with Gasteiger partial charge in [0.1, 0.15) is 0 Å². The van der Waals surface area contributed by atoms with Crippen LogP contribution in [0.1, 0.15) is 30.2 Å². The summed E-state index contributed by atoms with van der Waals surface area (Å²) in [6.45, 7) is 5.78. The van der Waals surface area contributed by atoms with Crippen molar-refractivity contribution in [1.29, 1.82) is 0 Å². The Morgan fingerprint density at radius 1 is 1.48 bits per heavy atom. The molecule has 0 saturated heterocycles. The van der Waals surface area contributed by atoms with Gasteiger partial charge in [0.05, 0.1) is 5.69 Å². The molecular formula is C17H26N6. The largest absolute Gasteiger partial charge is 0.370 e. The summed E-state index contributed by atoms with van der Waals surface area (Å²) < 4.78 is 0. The average molecular weight is 314 g/mol. The van der Waals surface area contributed by atoms with Crippen molar-refractivity contribution in [3.05, 3.63) is 41.4 Å². The second-order valence-electron chi connectivity index (χ2n) is 5.87. The van der Waals surface area contributed by atoms with Crippen molar-refractivity contribution in [2.24, 2.45) is 16.6 Å². The molecule has 4 N–H and O–H groups in total. The number of aromatic nitrogens is 1. The van der Waals surface area contributed by atoms with Crippen molar-refractivity contribution in [1.82, 2.24) is 14.9 Å². The van der Waals surface area contributed by atoms with Crippen LogP contribution in [0.3, 0.4) is 0 Å². The first kappa shape index (κ1) is 17.0. The molecule has 23 heavy (non-hydrogen) atoms. The number of hydrogen-bond acceptors (Lipinski definition) is 4. The molecule has 124 valence electrons. The van der Waals surface area contributed by atoms with Crippen LogP contribution < -0.4 is 11.6 Å². The molecule has 0 atom stereocenters. The van der Waals surface area contributed by atoms with E-state index in [4.69, 9.17) is 11.6 Å². The van der Waals surface area contributed by atoms with E-state index in [1.807, 2.05) is 26.4 Å². The quantitative estimate of drug-likeness (QED) is 0.383. The van der Waals surface area contributed by atoms with E-state index in [-0.39, 0.29) is 0 Å². The average Bonchev–Trinajstić information content (AvgIpc) is 2.53. The van der Waals surface area contributed by atoms with Crippen molar-refractivity contribution in [2.45, 2.75) is 20.3 Å². The minimum Gasteiger partial charge on any atom is -0.370 e. The summed E-state index contributed by atoms with van der Waals surface area (Å²) in [5.41, 5.74) is 11.6. The van der Waals surface area contributed by atoms with Crippen LogP contribution in [0.25, 0.3) is 11.1 Å². The lowest BCUT2D eigenvalue weighted by molar-refractivity contribution is 0.453. The van der Waals surface area contributed by atoms with Gasteiger partial charge in [-0.2, -0.15) is 0 Å². The SMILES string of the molecule is CN=C(N)N1CC=C(c2ncc(/C(C)=C/N(C)N)cc2C)CC1. The predicted octanol–water partition coefficient (Wildman–Crippen LogP) is 1.59. The van der Waals surface area contributed by atoms with Crippen molar-refractivity contribution < 1.29 is 0 Å². The maximum absolute atomic E-state index is 5.87.